The molecule has 1 amide bonds. The number of nitrogens with zero attached hydrogens (tertiary/aromatic N) is 1. The van der Waals surface area contributed by atoms with E-state index < -0.39 is 5.82 Å². The minimum Gasteiger partial charge on any atom is -0.481 e. The van der Waals surface area contributed by atoms with Crippen LogP contribution in [0.2, 0.25) is 0 Å². The first-order valence-electron chi connectivity index (χ1n) is 5.85. The van der Waals surface area contributed by atoms with Crippen molar-refractivity contribution in [1.29, 1.82) is 0 Å². The highest BCUT2D eigenvalue weighted by Gasteiger charge is 2.25. The Kier molecular flexibility index (Phi) is 3.61. The van der Waals surface area contributed by atoms with Crippen molar-refractivity contribution in [1.82, 2.24) is 4.90 Å². The standard InChI is InChI=1S/C13H16FNO2/c1-10-5-4-8-15(10)13(16)9-17-12-7-3-2-6-11(12)14/h2-3,6-7,10H,4-5,8-9H2,1H3. The maximum Gasteiger partial charge on any atom is 0.260 e. The Bertz CT molecular complexity index is 408. The zero-order valence-electron chi connectivity index (χ0n) is 9.86. The molecule has 0 radical (unpaired) electrons. The predicted molar refractivity (Wildman–Crippen MR) is 62.3 cm³/mol. The van der Waals surface area contributed by atoms with Crippen molar-refractivity contribution in [2.75, 3.05) is 13.2 Å². The van der Waals surface area contributed by atoms with E-state index in [9.17, 15) is 9.18 Å². The van der Waals surface area contributed by atoms with Gasteiger partial charge in [0, 0.05) is 12.6 Å². The number of likely N-dealkylation sites (tertiary alicyclic amines) is 1. The van der Waals surface area contributed by atoms with E-state index in [2.05, 4.69) is 0 Å². The Morgan fingerprint density at radius 3 is 2.94 bits per heavy atom. The summed E-state index contributed by atoms with van der Waals surface area (Å²) < 4.78 is 18.4. The van der Waals surface area contributed by atoms with E-state index >= 15 is 0 Å². The number of ether oxygens (including phenoxy) is 1. The molecular formula is C13H16FNO2. The quantitative estimate of drug-likeness (QED) is 0.806. The van der Waals surface area contributed by atoms with Gasteiger partial charge in [-0.25, -0.2) is 4.39 Å². The van der Waals surface area contributed by atoms with Crippen LogP contribution in [0, 0.1) is 5.82 Å². The molecule has 0 N–H and O–H groups in total. The molecule has 0 spiro atoms. The van der Waals surface area contributed by atoms with Gasteiger partial charge in [-0.05, 0) is 31.9 Å². The van der Waals surface area contributed by atoms with E-state index in [1.807, 2.05) is 6.92 Å². The van der Waals surface area contributed by atoms with Crippen molar-refractivity contribution >= 4 is 5.91 Å². The predicted octanol–water partition coefficient (Wildman–Crippen LogP) is 2.22. The van der Waals surface area contributed by atoms with Crippen LogP contribution in [-0.4, -0.2) is 30.0 Å². The highest BCUT2D eigenvalue weighted by molar-refractivity contribution is 5.78. The van der Waals surface area contributed by atoms with Gasteiger partial charge >= 0.3 is 0 Å². The summed E-state index contributed by atoms with van der Waals surface area (Å²) in [6.07, 6.45) is 2.07. The highest BCUT2D eigenvalue weighted by Crippen LogP contribution is 2.18. The van der Waals surface area contributed by atoms with Crippen molar-refractivity contribution in [3.8, 4) is 5.75 Å². The van der Waals surface area contributed by atoms with E-state index in [4.69, 9.17) is 4.74 Å². The first kappa shape index (κ1) is 11.9. The molecule has 0 saturated carbocycles. The normalized spacial score (nSPS) is 19.4. The minimum atomic E-state index is -0.435. The average Bonchev–Trinajstić information content (AvgIpc) is 2.74. The van der Waals surface area contributed by atoms with Crippen molar-refractivity contribution in [3.63, 3.8) is 0 Å². The lowest BCUT2D eigenvalue weighted by molar-refractivity contribution is -0.133. The molecule has 92 valence electrons. The molecule has 3 nitrogen and oxygen atoms in total. The molecule has 1 fully saturated rings. The van der Waals surface area contributed by atoms with Gasteiger partial charge < -0.3 is 9.64 Å². The second kappa shape index (κ2) is 5.17. The third kappa shape index (κ3) is 2.75. The lowest BCUT2D eigenvalue weighted by Crippen LogP contribution is -2.37. The molecule has 17 heavy (non-hydrogen) atoms. The number of amides is 1. The van der Waals surface area contributed by atoms with Gasteiger partial charge in [0.2, 0.25) is 0 Å². The fourth-order valence-corrected chi connectivity index (χ4v) is 2.09. The van der Waals surface area contributed by atoms with Gasteiger partial charge in [-0.2, -0.15) is 0 Å². The number of para-hydroxylation sites is 1. The lowest BCUT2D eigenvalue weighted by atomic mass is 10.2. The van der Waals surface area contributed by atoms with E-state index in [0.717, 1.165) is 19.4 Å². The molecule has 1 aromatic carbocycles. The Morgan fingerprint density at radius 1 is 1.53 bits per heavy atom. The van der Waals surface area contributed by atoms with Gasteiger partial charge in [-0.15, -0.1) is 0 Å². The Balaban J connectivity index is 1.90. The first-order chi connectivity index (χ1) is 8.18. The Morgan fingerprint density at radius 2 is 2.29 bits per heavy atom. The molecule has 1 heterocycles. The van der Waals surface area contributed by atoms with E-state index in [1.165, 1.54) is 12.1 Å². The summed E-state index contributed by atoms with van der Waals surface area (Å²) in [5.74, 6) is -0.374. The van der Waals surface area contributed by atoms with Crippen LogP contribution in [-0.2, 0) is 4.79 Å². The van der Waals surface area contributed by atoms with Gasteiger partial charge in [0.05, 0.1) is 0 Å². The molecule has 0 bridgehead atoms. The molecule has 1 aliphatic rings. The first-order valence-corrected chi connectivity index (χ1v) is 5.85. The topological polar surface area (TPSA) is 29.5 Å². The third-order valence-corrected chi connectivity index (χ3v) is 3.06. The highest BCUT2D eigenvalue weighted by atomic mass is 19.1. The molecule has 1 unspecified atom stereocenters. The van der Waals surface area contributed by atoms with Crippen LogP contribution in [0.4, 0.5) is 4.39 Å². The summed E-state index contributed by atoms with van der Waals surface area (Å²) in [7, 11) is 0. The zero-order valence-corrected chi connectivity index (χ0v) is 9.86. The molecule has 2 rings (SSSR count). The second-order valence-electron chi connectivity index (χ2n) is 4.30. The summed E-state index contributed by atoms with van der Waals surface area (Å²) in [6.45, 7) is 2.71. The number of rotatable bonds is 3. The smallest absolute Gasteiger partial charge is 0.260 e. The van der Waals surface area contributed by atoms with Crippen LogP contribution in [0.25, 0.3) is 0 Å². The molecule has 1 saturated heterocycles. The summed E-state index contributed by atoms with van der Waals surface area (Å²) in [5, 5.41) is 0. The van der Waals surface area contributed by atoms with Crippen LogP contribution in [0.3, 0.4) is 0 Å². The summed E-state index contributed by atoms with van der Waals surface area (Å²) in [5.41, 5.74) is 0. The minimum absolute atomic E-state index is 0.0711. The monoisotopic (exact) mass is 237 g/mol. The summed E-state index contributed by atoms with van der Waals surface area (Å²) in [4.78, 5) is 13.6. The van der Waals surface area contributed by atoms with Crippen molar-refractivity contribution in [2.24, 2.45) is 0 Å². The number of carbonyl (C=O) groups excluding carboxylic acids is 1. The molecule has 0 aliphatic carbocycles. The van der Waals surface area contributed by atoms with Crippen molar-refractivity contribution < 1.29 is 13.9 Å². The van der Waals surface area contributed by atoms with Crippen LogP contribution in [0.15, 0.2) is 24.3 Å². The molecule has 1 aliphatic heterocycles. The van der Waals surface area contributed by atoms with Crippen LogP contribution < -0.4 is 4.74 Å². The molecule has 1 aromatic rings. The number of carbonyl (C=O) groups is 1. The van der Waals surface area contributed by atoms with E-state index in [-0.39, 0.29) is 24.3 Å². The van der Waals surface area contributed by atoms with E-state index in [1.54, 1.807) is 17.0 Å². The lowest BCUT2D eigenvalue weighted by Gasteiger charge is -2.21. The van der Waals surface area contributed by atoms with Crippen molar-refractivity contribution in [3.05, 3.63) is 30.1 Å². The SMILES string of the molecule is CC1CCCN1C(=O)COc1ccccc1F. The summed E-state index contributed by atoms with van der Waals surface area (Å²) >= 11 is 0. The second-order valence-corrected chi connectivity index (χ2v) is 4.30. The van der Waals surface area contributed by atoms with Gasteiger partial charge in [0.15, 0.2) is 18.2 Å². The average molecular weight is 237 g/mol. The molecule has 0 aromatic heterocycles. The van der Waals surface area contributed by atoms with Gasteiger partial charge in [-0.1, -0.05) is 12.1 Å². The maximum atomic E-state index is 13.2. The molecule has 1 atom stereocenters. The molecular weight excluding hydrogens is 221 g/mol. The van der Waals surface area contributed by atoms with Crippen molar-refractivity contribution in [2.45, 2.75) is 25.8 Å². The summed E-state index contributed by atoms with van der Waals surface area (Å²) in [6, 6.07) is 6.38. The number of hydrogen-bond acceptors (Lipinski definition) is 2. The van der Waals surface area contributed by atoms with E-state index in [0.29, 0.717) is 0 Å². The van der Waals surface area contributed by atoms with Crippen LogP contribution in [0.1, 0.15) is 19.8 Å². The fraction of sp³-hybridized carbons (Fsp3) is 0.462. The fourth-order valence-electron chi connectivity index (χ4n) is 2.09. The van der Waals surface area contributed by atoms with Gasteiger partial charge in [-0.3, -0.25) is 4.79 Å². The number of benzene rings is 1. The Labute approximate surface area is 100 Å². The largest absolute Gasteiger partial charge is 0.481 e. The van der Waals surface area contributed by atoms with Crippen LogP contribution in [0.5, 0.6) is 5.75 Å². The van der Waals surface area contributed by atoms with Gasteiger partial charge in [0.1, 0.15) is 0 Å². The van der Waals surface area contributed by atoms with Crippen LogP contribution >= 0.6 is 0 Å². The van der Waals surface area contributed by atoms with Gasteiger partial charge in [0.25, 0.3) is 5.91 Å². The number of hydrogen-bond donors (Lipinski definition) is 0. The Hall–Kier alpha value is -1.58. The molecule has 4 heteroatoms. The zero-order chi connectivity index (χ0) is 12.3. The third-order valence-electron chi connectivity index (χ3n) is 3.06. The number of halogens is 1. The maximum absolute atomic E-state index is 13.2.